The van der Waals surface area contributed by atoms with Gasteiger partial charge in [-0.15, -0.1) is 0 Å². The molecule has 20 heavy (non-hydrogen) atoms. The van der Waals surface area contributed by atoms with Gasteiger partial charge in [-0.1, -0.05) is 0 Å². The fourth-order valence-corrected chi connectivity index (χ4v) is 4.14. The fourth-order valence-electron chi connectivity index (χ4n) is 1.69. The Hall–Kier alpha value is -1.02. The average molecular weight is 355 g/mol. The Kier molecular flexibility index (Phi) is 5.64. The summed E-state index contributed by atoms with van der Waals surface area (Å²) in [4.78, 5) is 21.5. The first-order chi connectivity index (χ1) is 9.10. The monoisotopic (exact) mass is 355 g/mol. The van der Waals surface area contributed by atoms with Crippen molar-refractivity contribution in [2.75, 3.05) is 6.54 Å². The Morgan fingerprint density at radius 1 is 1.30 bits per heavy atom. The molecule has 1 saturated heterocycles. The summed E-state index contributed by atoms with van der Waals surface area (Å²) in [6.45, 7) is -0.643. The minimum atomic E-state index is -3.10. The number of aliphatic hydroxyl groups is 2. The first kappa shape index (κ1) is 17.0. The van der Waals surface area contributed by atoms with Gasteiger partial charge in [0.2, 0.25) is 0 Å². The molecule has 0 unspecified atom stereocenters. The van der Waals surface area contributed by atoms with Crippen LogP contribution in [0.3, 0.4) is 0 Å². The molecule has 1 heterocycles. The topological polar surface area (TPSA) is 142 Å². The molecule has 0 radical (unpaired) electrons. The summed E-state index contributed by atoms with van der Waals surface area (Å²) < 4.78 is 21.5. The number of carbonyl (C=O) groups excluding carboxylic acids is 1. The molecular formula is C10H18AsNO8. The first-order valence-electron chi connectivity index (χ1n) is 5.82. The van der Waals surface area contributed by atoms with E-state index in [4.69, 9.17) is 9.84 Å². The number of alkyl carbamates (subject to hydrolysis) is 1. The Bertz CT molecular complexity index is 421. The Labute approximate surface area is 117 Å². The number of carbonyl (C=O) groups is 2. The Morgan fingerprint density at radius 3 is 2.40 bits per heavy atom. The molecular weight excluding hydrogens is 337 g/mol. The van der Waals surface area contributed by atoms with Gasteiger partial charge in [-0.05, 0) is 0 Å². The molecule has 4 atom stereocenters. The van der Waals surface area contributed by atoms with Gasteiger partial charge in [-0.25, -0.2) is 0 Å². The molecule has 1 rings (SSSR count). The average Bonchev–Trinajstić information content (AvgIpc) is 2.53. The summed E-state index contributed by atoms with van der Waals surface area (Å²) in [6, 6.07) is 0. The van der Waals surface area contributed by atoms with Gasteiger partial charge in [0.1, 0.15) is 0 Å². The van der Waals surface area contributed by atoms with E-state index in [1.165, 1.54) is 0 Å². The molecule has 4 N–H and O–H groups in total. The quantitative estimate of drug-likeness (QED) is 0.454. The Balaban J connectivity index is 2.54. The van der Waals surface area contributed by atoms with E-state index in [9.17, 15) is 23.5 Å². The molecule has 116 valence electrons. The molecule has 1 fully saturated rings. The molecule has 0 bridgehead atoms. The van der Waals surface area contributed by atoms with Gasteiger partial charge in [0, 0.05) is 0 Å². The summed E-state index contributed by atoms with van der Waals surface area (Å²) >= 11 is -3.10. The third kappa shape index (κ3) is 5.16. The van der Waals surface area contributed by atoms with Crippen LogP contribution >= 0.6 is 0 Å². The number of carboxylic acids is 1. The SMILES string of the molecule is C[As](C)(=O)C[C@H]1O[C@H](OC(=O)NCC(=O)O)[C@H](O)[C@@H]1O. The molecule has 0 aromatic carbocycles. The number of hydrogen-bond donors (Lipinski definition) is 4. The molecule has 0 aromatic heterocycles. The van der Waals surface area contributed by atoms with Gasteiger partial charge >= 0.3 is 117 Å². The van der Waals surface area contributed by atoms with Gasteiger partial charge in [-0.2, -0.15) is 0 Å². The predicted octanol–water partition coefficient (Wildman–Crippen LogP) is -1.12. The molecule has 9 nitrogen and oxygen atoms in total. The van der Waals surface area contributed by atoms with E-state index >= 15 is 0 Å². The number of rotatable bonds is 5. The standard InChI is InChI=1S/C10H18AsNO8/c1-11(2,18)3-5-7(15)8(16)9(19-5)20-10(17)12-4-6(13)14/h5,7-9,15-16H,3-4H2,1-2H3,(H,12,17)(H,13,14)/t5-,7-,8-,9-/m1/s1. The molecule has 0 aliphatic carbocycles. The van der Waals surface area contributed by atoms with Crippen molar-refractivity contribution in [1.82, 2.24) is 5.32 Å². The molecule has 0 aromatic rings. The van der Waals surface area contributed by atoms with E-state index in [0.717, 1.165) is 0 Å². The summed E-state index contributed by atoms with van der Waals surface area (Å²) in [5, 5.41) is 29.8. The third-order valence-corrected chi connectivity index (χ3v) is 5.15. The van der Waals surface area contributed by atoms with Crippen LogP contribution in [0, 0.1) is 0 Å². The maximum absolute atomic E-state index is 11.7. The third-order valence-electron chi connectivity index (χ3n) is 2.55. The zero-order valence-corrected chi connectivity index (χ0v) is 12.9. The van der Waals surface area contributed by atoms with Crippen molar-refractivity contribution in [3.63, 3.8) is 0 Å². The van der Waals surface area contributed by atoms with E-state index in [-0.39, 0.29) is 5.21 Å². The second kappa shape index (κ2) is 6.62. The van der Waals surface area contributed by atoms with E-state index in [2.05, 4.69) is 4.74 Å². The van der Waals surface area contributed by atoms with Crippen molar-refractivity contribution < 1.29 is 38.1 Å². The van der Waals surface area contributed by atoms with Gasteiger partial charge in [0.25, 0.3) is 0 Å². The van der Waals surface area contributed by atoms with Crippen LogP contribution in [0.2, 0.25) is 16.6 Å². The number of aliphatic hydroxyl groups excluding tert-OH is 2. The molecule has 10 heteroatoms. The maximum atomic E-state index is 11.7. The number of ether oxygens (including phenoxy) is 2. The number of hydrogen-bond acceptors (Lipinski definition) is 7. The van der Waals surface area contributed by atoms with Crippen molar-refractivity contribution in [3.8, 4) is 0 Å². The second-order valence-corrected chi connectivity index (χ2v) is 12.3. The molecule has 0 saturated carbocycles. The van der Waals surface area contributed by atoms with E-state index < -0.39 is 56.7 Å². The molecule has 1 aliphatic heterocycles. The van der Waals surface area contributed by atoms with Crippen molar-refractivity contribution in [2.24, 2.45) is 0 Å². The van der Waals surface area contributed by atoms with Crippen LogP contribution in [0.15, 0.2) is 0 Å². The minimum absolute atomic E-state index is 0.0904. The number of carboxylic acid groups (broad SMARTS) is 1. The summed E-state index contributed by atoms with van der Waals surface area (Å²) in [5.74, 6) is -1.26. The van der Waals surface area contributed by atoms with E-state index in [1.54, 1.807) is 11.4 Å². The molecule has 0 spiro atoms. The van der Waals surface area contributed by atoms with Gasteiger partial charge < -0.3 is 0 Å². The second-order valence-electron chi connectivity index (χ2n) is 4.93. The van der Waals surface area contributed by atoms with Crippen molar-refractivity contribution in [3.05, 3.63) is 0 Å². The molecule has 1 aliphatic rings. The van der Waals surface area contributed by atoms with Gasteiger partial charge in [-0.3, -0.25) is 0 Å². The Morgan fingerprint density at radius 2 is 1.90 bits per heavy atom. The van der Waals surface area contributed by atoms with Crippen molar-refractivity contribution in [2.45, 2.75) is 41.2 Å². The summed E-state index contributed by atoms with van der Waals surface area (Å²) in [5.41, 5.74) is 3.13. The zero-order chi connectivity index (χ0) is 15.5. The normalized spacial score (nSPS) is 30.0. The first-order valence-corrected chi connectivity index (χ1v) is 11.7. The van der Waals surface area contributed by atoms with Crippen LogP contribution < -0.4 is 5.32 Å². The number of nitrogens with one attached hydrogen (secondary N) is 1. The van der Waals surface area contributed by atoms with Gasteiger partial charge in [0.05, 0.1) is 0 Å². The van der Waals surface area contributed by atoms with Gasteiger partial charge in [0.15, 0.2) is 0 Å². The van der Waals surface area contributed by atoms with Crippen LogP contribution in [0.5, 0.6) is 0 Å². The summed E-state index contributed by atoms with van der Waals surface area (Å²) in [7, 11) is 0. The molecule has 1 amide bonds. The van der Waals surface area contributed by atoms with Crippen LogP contribution in [-0.4, -0.2) is 72.0 Å². The van der Waals surface area contributed by atoms with Crippen LogP contribution in [0.4, 0.5) is 4.79 Å². The summed E-state index contributed by atoms with van der Waals surface area (Å²) in [6.07, 6.45) is -6.20. The van der Waals surface area contributed by atoms with Crippen molar-refractivity contribution >= 4 is 25.6 Å². The predicted molar refractivity (Wildman–Crippen MR) is 65.8 cm³/mol. The van der Waals surface area contributed by atoms with Crippen molar-refractivity contribution in [1.29, 1.82) is 0 Å². The van der Waals surface area contributed by atoms with Crippen LogP contribution in [-0.2, 0) is 18.0 Å². The van der Waals surface area contributed by atoms with E-state index in [0.29, 0.717) is 0 Å². The van der Waals surface area contributed by atoms with Crippen LogP contribution in [0.25, 0.3) is 0 Å². The van der Waals surface area contributed by atoms with E-state index in [1.807, 2.05) is 5.32 Å². The number of amides is 1. The number of aliphatic carboxylic acids is 1. The zero-order valence-electron chi connectivity index (χ0n) is 11.1. The fraction of sp³-hybridized carbons (Fsp3) is 0.800. The van der Waals surface area contributed by atoms with Crippen LogP contribution in [0.1, 0.15) is 0 Å².